The Hall–Kier alpha value is -4.10. The summed E-state index contributed by atoms with van der Waals surface area (Å²) >= 11 is 0. The molecule has 2 atom stereocenters. The molecule has 3 aromatic heterocycles. The smallest absolute Gasteiger partial charge is 0.252 e. The fourth-order valence-corrected chi connectivity index (χ4v) is 4.23. The summed E-state index contributed by atoms with van der Waals surface area (Å²) < 4.78 is 15.2. The van der Waals surface area contributed by atoms with Crippen molar-refractivity contribution in [2.45, 2.75) is 31.6 Å². The number of nitriles is 1. The summed E-state index contributed by atoms with van der Waals surface area (Å²) in [5.74, 6) is 0.000521. The molecule has 3 aromatic rings. The molecule has 0 aliphatic carbocycles. The van der Waals surface area contributed by atoms with E-state index in [1.165, 1.54) is 12.4 Å². The van der Waals surface area contributed by atoms with Gasteiger partial charge in [0, 0.05) is 49.5 Å². The number of pyridine rings is 3. The molecule has 1 fully saturated rings. The number of nitrogens with two attached hydrogens (primary N) is 1. The van der Waals surface area contributed by atoms with Crippen LogP contribution in [0.3, 0.4) is 0 Å². The normalized spacial score (nSPS) is 17.6. The van der Waals surface area contributed by atoms with Crippen LogP contribution in [0.5, 0.6) is 0 Å². The number of primary amides is 1. The van der Waals surface area contributed by atoms with Crippen molar-refractivity contribution in [2.24, 2.45) is 5.73 Å². The lowest BCUT2D eigenvalue weighted by Gasteiger charge is -2.36. The third-order valence-corrected chi connectivity index (χ3v) is 6.06. The van der Waals surface area contributed by atoms with Gasteiger partial charge < -0.3 is 20.9 Å². The van der Waals surface area contributed by atoms with E-state index in [1.807, 2.05) is 43.4 Å². The van der Waals surface area contributed by atoms with Crippen LogP contribution in [0.25, 0.3) is 0 Å². The van der Waals surface area contributed by atoms with Crippen LogP contribution in [0.4, 0.5) is 15.9 Å². The van der Waals surface area contributed by atoms with E-state index in [0.717, 1.165) is 17.8 Å². The molecule has 0 bridgehead atoms. The topological polar surface area (TPSA) is 124 Å². The molecule has 1 saturated heterocycles. The molecule has 0 spiro atoms. The quantitative estimate of drug-likeness (QED) is 0.496. The van der Waals surface area contributed by atoms with Crippen molar-refractivity contribution in [1.82, 2.24) is 19.9 Å². The summed E-state index contributed by atoms with van der Waals surface area (Å²) in [6.45, 7) is 1.52. The maximum atomic E-state index is 15.2. The molecular formula is C26H29FN8O. The average Bonchev–Trinajstić information content (AvgIpc) is 2.86. The second-order valence-corrected chi connectivity index (χ2v) is 9.18. The van der Waals surface area contributed by atoms with Crippen LogP contribution < -0.4 is 16.0 Å². The molecule has 36 heavy (non-hydrogen) atoms. The Morgan fingerprint density at radius 3 is 2.61 bits per heavy atom. The second kappa shape index (κ2) is 11.1. The van der Waals surface area contributed by atoms with Gasteiger partial charge in [0.15, 0.2) is 0 Å². The maximum absolute atomic E-state index is 15.2. The minimum absolute atomic E-state index is 0.142. The zero-order valence-electron chi connectivity index (χ0n) is 20.4. The second-order valence-electron chi connectivity index (χ2n) is 9.18. The Bertz CT molecular complexity index is 1240. The molecule has 1 aliphatic heterocycles. The Kier molecular flexibility index (Phi) is 7.71. The maximum Gasteiger partial charge on any atom is 0.252 e. The lowest BCUT2D eigenvalue weighted by molar-refractivity contribution is 0.100. The number of carbonyl (C=O) groups is 1. The number of hydrogen-bond acceptors (Lipinski definition) is 8. The van der Waals surface area contributed by atoms with Crippen LogP contribution >= 0.6 is 0 Å². The number of piperidine rings is 1. The molecular weight excluding hydrogens is 459 g/mol. The summed E-state index contributed by atoms with van der Waals surface area (Å²) in [5, 5.41) is 12.1. The summed E-state index contributed by atoms with van der Waals surface area (Å²) in [6, 6.07) is 10.7. The van der Waals surface area contributed by atoms with Crippen LogP contribution in [-0.4, -0.2) is 65.2 Å². The molecule has 0 saturated carbocycles. The zero-order valence-corrected chi connectivity index (χ0v) is 20.4. The molecule has 0 aromatic carbocycles. The zero-order chi connectivity index (χ0) is 25.7. The molecule has 10 heteroatoms. The van der Waals surface area contributed by atoms with Crippen molar-refractivity contribution in [1.29, 1.82) is 5.26 Å². The number of alkyl halides is 1. The highest BCUT2D eigenvalue weighted by Gasteiger charge is 2.30. The summed E-state index contributed by atoms with van der Waals surface area (Å²) in [7, 11) is 4.00. The molecule has 0 radical (unpaired) electrons. The molecule has 0 unspecified atom stereocenters. The largest absolute Gasteiger partial charge is 0.378 e. The van der Waals surface area contributed by atoms with Gasteiger partial charge in [-0.05, 0) is 50.3 Å². The molecule has 1 amide bonds. The lowest BCUT2D eigenvalue weighted by atomic mass is 10.0. The fraction of sp³-hybridized carbons (Fsp3) is 0.346. The van der Waals surface area contributed by atoms with E-state index in [2.05, 4.69) is 25.2 Å². The van der Waals surface area contributed by atoms with Gasteiger partial charge in [0.05, 0.1) is 29.4 Å². The minimum atomic E-state index is -1.21. The van der Waals surface area contributed by atoms with Crippen molar-refractivity contribution < 1.29 is 9.18 Å². The summed E-state index contributed by atoms with van der Waals surface area (Å²) in [5.41, 5.74) is 9.36. The first-order valence-electron chi connectivity index (χ1n) is 11.7. The van der Waals surface area contributed by atoms with Gasteiger partial charge in [-0.3, -0.25) is 14.8 Å². The number of aromatic nitrogens is 3. The van der Waals surface area contributed by atoms with E-state index in [9.17, 15) is 4.79 Å². The van der Waals surface area contributed by atoms with Gasteiger partial charge in [-0.1, -0.05) is 6.07 Å². The average molecular weight is 489 g/mol. The Labute approximate surface area is 209 Å². The summed E-state index contributed by atoms with van der Waals surface area (Å²) in [6.07, 6.45) is 4.51. The van der Waals surface area contributed by atoms with Gasteiger partial charge in [0.25, 0.3) is 5.91 Å². The van der Waals surface area contributed by atoms with E-state index in [0.29, 0.717) is 42.1 Å². The van der Waals surface area contributed by atoms with Crippen molar-refractivity contribution in [3.63, 3.8) is 0 Å². The van der Waals surface area contributed by atoms with E-state index < -0.39 is 18.1 Å². The van der Waals surface area contributed by atoms with Crippen LogP contribution in [0.2, 0.25) is 0 Å². The van der Waals surface area contributed by atoms with Crippen molar-refractivity contribution >= 4 is 17.4 Å². The number of halogens is 1. The predicted molar refractivity (Wildman–Crippen MR) is 135 cm³/mol. The molecule has 4 heterocycles. The number of carbonyl (C=O) groups excluding carboxylic acids is 1. The Balaban J connectivity index is 1.45. The Morgan fingerprint density at radius 1 is 1.19 bits per heavy atom. The van der Waals surface area contributed by atoms with Gasteiger partial charge in [-0.2, -0.15) is 5.26 Å². The highest BCUT2D eigenvalue weighted by Crippen LogP contribution is 2.25. The molecule has 1 aliphatic rings. The summed E-state index contributed by atoms with van der Waals surface area (Å²) in [4.78, 5) is 29.1. The van der Waals surface area contributed by atoms with Gasteiger partial charge in [-0.15, -0.1) is 0 Å². The SMILES string of the molecule is CN(C)Cc1ccc(Cc2cc(N[C@@H]3CCN(c4ccc(C#N)cn4)C[C@@H]3F)c(C(N)=O)cn2)nc1. The van der Waals surface area contributed by atoms with Crippen LogP contribution in [0.15, 0.2) is 48.9 Å². The van der Waals surface area contributed by atoms with E-state index in [1.54, 1.807) is 18.2 Å². The van der Waals surface area contributed by atoms with E-state index >= 15 is 4.39 Å². The number of rotatable bonds is 8. The number of nitrogens with zero attached hydrogens (tertiary/aromatic N) is 6. The number of anilines is 2. The van der Waals surface area contributed by atoms with Crippen LogP contribution in [0, 0.1) is 11.3 Å². The standard InChI is InChI=1S/C26H29FN8O/c1-34(2)15-18-3-5-19(30-13-18)9-20-10-24(21(14-31-20)26(29)36)33-23-7-8-35(16-22(23)27)25-6-4-17(11-28)12-32-25/h3-6,10,12-14,22-23H,7-9,15-16H2,1-2H3,(H2,29,36)(H,31,33)/t22-,23+/m0/s1. The molecule has 9 nitrogen and oxygen atoms in total. The first-order chi connectivity index (χ1) is 17.3. The number of nitrogens with one attached hydrogen (secondary N) is 1. The third-order valence-electron chi connectivity index (χ3n) is 6.06. The van der Waals surface area contributed by atoms with Crippen LogP contribution in [0.1, 0.15) is 39.3 Å². The fourth-order valence-electron chi connectivity index (χ4n) is 4.23. The third kappa shape index (κ3) is 6.12. The van der Waals surface area contributed by atoms with E-state index in [-0.39, 0.29) is 12.1 Å². The Morgan fingerprint density at radius 2 is 2.00 bits per heavy atom. The van der Waals surface area contributed by atoms with Gasteiger partial charge in [-0.25, -0.2) is 9.37 Å². The number of amides is 1. The van der Waals surface area contributed by atoms with E-state index in [4.69, 9.17) is 11.0 Å². The van der Waals surface area contributed by atoms with Crippen LogP contribution in [-0.2, 0) is 13.0 Å². The first kappa shape index (κ1) is 25.0. The van der Waals surface area contributed by atoms with Gasteiger partial charge in [0.2, 0.25) is 0 Å². The predicted octanol–water partition coefficient (Wildman–Crippen LogP) is 2.52. The first-order valence-corrected chi connectivity index (χ1v) is 11.7. The van der Waals surface area contributed by atoms with Gasteiger partial charge >= 0.3 is 0 Å². The van der Waals surface area contributed by atoms with Gasteiger partial charge in [0.1, 0.15) is 18.1 Å². The molecule has 4 rings (SSSR count). The highest BCUT2D eigenvalue weighted by molar-refractivity contribution is 5.98. The molecule has 3 N–H and O–H groups in total. The minimum Gasteiger partial charge on any atom is -0.378 e. The van der Waals surface area contributed by atoms with Crippen molar-refractivity contribution in [2.75, 3.05) is 37.4 Å². The lowest BCUT2D eigenvalue weighted by Crippen LogP contribution is -2.48. The monoisotopic (exact) mass is 488 g/mol. The number of hydrogen-bond donors (Lipinski definition) is 2. The molecule has 186 valence electrons. The van der Waals surface area contributed by atoms with Crippen molar-refractivity contribution in [3.05, 3.63) is 77.0 Å². The van der Waals surface area contributed by atoms with Crippen molar-refractivity contribution in [3.8, 4) is 6.07 Å². The highest BCUT2D eigenvalue weighted by atomic mass is 19.1.